The first-order valence-electron chi connectivity index (χ1n) is 5.15. The van der Waals surface area contributed by atoms with Crippen molar-refractivity contribution < 1.29 is 4.79 Å². The predicted molar refractivity (Wildman–Crippen MR) is 63.2 cm³/mol. The monoisotopic (exact) mass is 219 g/mol. The predicted octanol–water partition coefficient (Wildman–Crippen LogP) is 3.21. The van der Waals surface area contributed by atoms with Gasteiger partial charge in [-0.1, -0.05) is 19.1 Å². The fourth-order valence-corrected chi connectivity index (χ4v) is 2.42. The van der Waals surface area contributed by atoms with Gasteiger partial charge in [0, 0.05) is 19.3 Å². The van der Waals surface area contributed by atoms with E-state index in [9.17, 15) is 4.79 Å². The first kappa shape index (κ1) is 10.3. The molecule has 0 N–H and O–H groups in total. The molecule has 0 fully saturated rings. The van der Waals surface area contributed by atoms with Crippen molar-refractivity contribution >= 4 is 27.3 Å². The van der Waals surface area contributed by atoms with E-state index >= 15 is 0 Å². The maximum absolute atomic E-state index is 11.2. The Hall–Kier alpha value is -1.22. The van der Waals surface area contributed by atoms with Gasteiger partial charge in [0.1, 0.15) is 5.78 Å². The molecule has 0 spiro atoms. The van der Waals surface area contributed by atoms with E-state index in [1.54, 1.807) is 11.3 Å². The molecule has 0 amide bonds. The van der Waals surface area contributed by atoms with Gasteiger partial charge in [0.2, 0.25) is 0 Å². The molecule has 0 unspecified atom stereocenters. The summed E-state index contributed by atoms with van der Waals surface area (Å²) < 4.78 is 1.21. The SMILES string of the molecule is CCC(=O)CCc1nc2ccccc2s1. The van der Waals surface area contributed by atoms with Gasteiger partial charge in [-0.3, -0.25) is 4.79 Å². The molecule has 3 heteroatoms. The zero-order chi connectivity index (χ0) is 10.7. The van der Waals surface area contributed by atoms with Crippen LogP contribution in [0.4, 0.5) is 0 Å². The quantitative estimate of drug-likeness (QED) is 0.790. The van der Waals surface area contributed by atoms with Gasteiger partial charge in [-0.15, -0.1) is 11.3 Å². The van der Waals surface area contributed by atoms with Gasteiger partial charge in [0.05, 0.1) is 15.2 Å². The van der Waals surface area contributed by atoms with Crippen molar-refractivity contribution in [2.75, 3.05) is 0 Å². The minimum atomic E-state index is 0.314. The first-order valence-corrected chi connectivity index (χ1v) is 5.97. The molecule has 0 aliphatic rings. The van der Waals surface area contributed by atoms with Crippen LogP contribution < -0.4 is 0 Å². The molecule has 78 valence electrons. The van der Waals surface area contributed by atoms with E-state index in [0.717, 1.165) is 16.9 Å². The van der Waals surface area contributed by atoms with Gasteiger partial charge in [0.15, 0.2) is 0 Å². The van der Waals surface area contributed by atoms with Gasteiger partial charge in [-0.25, -0.2) is 4.98 Å². The number of aryl methyl sites for hydroxylation is 1. The smallest absolute Gasteiger partial charge is 0.133 e. The zero-order valence-corrected chi connectivity index (χ0v) is 9.51. The van der Waals surface area contributed by atoms with Crippen LogP contribution in [0.25, 0.3) is 10.2 Å². The summed E-state index contributed by atoms with van der Waals surface area (Å²) in [7, 11) is 0. The van der Waals surface area contributed by atoms with Gasteiger partial charge >= 0.3 is 0 Å². The van der Waals surface area contributed by atoms with Crippen molar-refractivity contribution in [2.24, 2.45) is 0 Å². The third-order valence-corrected chi connectivity index (χ3v) is 3.45. The van der Waals surface area contributed by atoms with E-state index in [0.29, 0.717) is 18.6 Å². The van der Waals surface area contributed by atoms with Crippen LogP contribution in [0.1, 0.15) is 24.8 Å². The van der Waals surface area contributed by atoms with Crippen LogP contribution in [0.15, 0.2) is 24.3 Å². The Morgan fingerprint density at radius 3 is 2.93 bits per heavy atom. The topological polar surface area (TPSA) is 30.0 Å². The van der Waals surface area contributed by atoms with E-state index in [2.05, 4.69) is 11.1 Å². The zero-order valence-electron chi connectivity index (χ0n) is 8.69. The van der Waals surface area contributed by atoms with Gasteiger partial charge in [-0.05, 0) is 12.1 Å². The number of Topliss-reactive ketones (excluding diaryl/α,β-unsaturated/α-hetero) is 1. The molecule has 2 nitrogen and oxygen atoms in total. The number of hydrogen-bond acceptors (Lipinski definition) is 3. The normalized spacial score (nSPS) is 10.7. The molecule has 2 aromatic rings. The summed E-state index contributed by atoms with van der Waals surface area (Å²) in [5.74, 6) is 0.314. The van der Waals surface area contributed by atoms with Gasteiger partial charge in [-0.2, -0.15) is 0 Å². The van der Waals surface area contributed by atoms with Crippen LogP contribution in [0.3, 0.4) is 0 Å². The highest BCUT2D eigenvalue weighted by molar-refractivity contribution is 7.18. The van der Waals surface area contributed by atoms with E-state index in [4.69, 9.17) is 0 Å². The lowest BCUT2D eigenvalue weighted by molar-refractivity contribution is -0.118. The number of benzene rings is 1. The lowest BCUT2D eigenvalue weighted by atomic mass is 10.2. The number of hydrogen-bond donors (Lipinski definition) is 0. The van der Waals surface area contributed by atoms with Crippen molar-refractivity contribution in [3.05, 3.63) is 29.3 Å². The third kappa shape index (κ3) is 2.42. The lowest BCUT2D eigenvalue weighted by Crippen LogP contribution is -1.97. The summed E-state index contributed by atoms with van der Waals surface area (Å²) in [5, 5.41) is 1.07. The molecule has 0 bridgehead atoms. The molecule has 15 heavy (non-hydrogen) atoms. The molecule has 0 saturated carbocycles. The molecular weight excluding hydrogens is 206 g/mol. The highest BCUT2D eigenvalue weighted by atomic mass is 32.1. The van der Waals surface area contributed by atoms with E-state index in [-0.39, 0.29) is 0 Å². The summed E-state index contributed by atoms with van der Waals surface area (Å²) in [4.78, 5) is 15.7. The maximum atomic E-state index is 11.2. The van der Waals surface area contributed by atoms with Crippen LogP contribution in [-0.2, 0) is 11.2 Å². The number of nitrogens with zero attached hydrogens (tertiary/aromatic N) is 1. The molecule has 0 aliphatic carbocycles. The summed E-state index contributed by atoms with van der Waals surface area (Å²) in [6, 6.07) is 8.08. The molecule has 1 aromatic carbocycles. The molecule has 0 aliphatic heterocycles. The number of rotatable bonds is 4. The third-order valence-electron chi connectivity index (χ3n) is 2.35. The van der Waals surface area contributed by atoms with Crippen LogP contribution >= 0.6 is 11.3 Å². The van der Waals surface area contributed by atoms with Crippen LogP contribution in [0.5, 0.6) is 0 Å². The Bertz CT molecular complexity index is 442. The lowest BCUT2D eigenvalue weighted by Gasteiger charge is -1.92. The number of aromatic nitrogens is 1. The Morgan fingerprint density at radius 1 is 1.40 bits per heavy atom. The second kappa shape index (κ2) is 4.53. The molecular formula is C12H13NOS. The maximum Gasteiger partial charge on any atom is 0.133 e. The van der Waals surface area contributed by atoms with Crippen molar-refractivity contribution in [3.63, 3.8) is 0 Å². The number of thiazole rings is 1. The van der Waals surface area contributed by atoms with E-state index in [1.807, 2.05) is 25.1 Å². The van der Waals surface area contributed by atoms with Gasteiger partial charge in [0.25, 0.3) is 0 Å². The van der Waals surface area contributed by atoms with Crippen LogP contribution in [0.2, 0.25) is 0 Å². The minimum absolute atomic E-state index is 0.314. The number of carbonyl (C=O) groups is 1. The Morgan fingerprint density at radius 2 is 2.20 bits per heavy atom. The molecule has 1 heterocycles. The Labute approximate surface area is 93.0 Å². The van der Waals surface area contributed by atoms with Crippen molar-refractivity contribution in [1.82, 2.24) is 4.98 Å². The average molecular weight is 219 g/mol. The highest BCUT2D eigenvalue weighted by Gasteiger charge is 2.05. The minimum Gasteiger partial charge on any atom is -0.300 e. The molecule has 0 saturated heterocycles. The van der Waals surface area contributed by atoms with Crippen LogP contribution in [0, 0.1) is 0 Å². The summed E-state index contributed by atoms with van der Waals surface area (Å²) in [6.07, 6.45) is 2.03. The van der Waals surface area contributed by atoms with E-state index < -0.39 is 0 Å². The van der Waals surface area contributed by atoms with Crippen molar-refractivity contribution in [1.29, 1.82) is 0 Å². The largest absolute Gasteiger partial charge is 0.300 e. The highest BCUT2D eigenvalue weighted by Crippen LogP contribution is 2.22. The number of para-hydroxylation sites is 1. The van der Waals surface area contributed by atoms with Crippen molar-refractivity contribution in [3.8, 4) is 0 Å². The first-order chi connectivity index (χ1) is 7.29. The Balaban J connectivity index is 2.12. The summed E-state index contributed by atoms with van der Waals surface area (Å²) >= 11 is 1.69. The number of fused-ring (bicyclic) bond motifs is 1. The summed E-state index contributed by atoms with van der Waals surface area (Å²) in [6.45, 7) is 1.90. The standard InChI is InChI=1S/C12H13NOS/c1-2-9(14)7-8-12-13-10-5-3-4-6-11(10)15-12/h3-6H,2,7-8H2,1H3. The van der Waals surface area contributed by atoms with Gasteiger partial charge < -0.3 is 0 Å². The molecule has 0 radical (unpaired) electrons. The average Bonchev–Trinajstić information content (AvgIpc) is 2.68. The fourth-order valence-electron chi connectivity index (χ4n) is 1.45. The fraction of sp³-hybridized carbons (Fsp3) is 0.333. The van der Waals surface area contributed by atoms with Crippen LogP contribution in [-0.4, -0.2) is 10.8 Å². The second-order valence-corrected chi connectivity index (χ2v) is 4.58. The van der Waals surface area contributed by atoms with Crippen molar-refractivity contribution in [2.45, 2.75) is 26.2 Å². The Kier molecular flexibility index (Phi) is 3.11. The molecule has 1 aromatic heterocycles. The molecule has 0 atom stereocenters. The summed E-state index contributed by atoms with van der Waals surface area (Å²) in [5.41, 5.74) is 1.04. The second-order valence-electron chi connectivity index (χ2n) is 3.47. The van der Waals surface area contributed by atoms with E-state index in [1.165, 1.54) is 4.70 Å². The number of ketones is 1. The molecule has 2 rings (SSSR count). The number of carbonyl (C=O) groups excluding carboxylic acids is 1.